The lowest BCUT2D eigenvalue weighted by Crippen LogP contribution is -2.24. The molecule has 3 aromatic carbocycles. The minimum Gasteiger partial charge on any atom is -0.484 e. The fourth-order valence-corrected chi connectivity index (χ4v) is 2.72. The molecule has 7 heteroatoms. The third-order valence-electron chi connectivity index (χ3n) is 4.50. The number of benzene rings is 3. The first-order valence-corrected chi connectivity index (χ1v) is 10.0. The van der Waals surface area contributed by atoms with Crippen molar-refractivity contribution in [2.75, 3.05) is 6.61 Å². The second-order valence-corrected chi connectivity index (χ2v) is 7.24. The summed E-state index contributed by atoms with van der Waals surface area (Å²) in [4.78, 5) is 23.9. The van der Waals surface area contributed by atoms with Gasteiger partial charge in [0.25, 0.3) is 5.91 Å². The molecule has 0 atom stereocenters. The molecule has 0 saturated carbocycles. The van der Waals surface area contributed by atoms with Crippen LogP contribution in [0, 0.1) is 5.82 Å². The topological polar surface area (TPSA) is 77.0 Å². The van der Waals surface area contributed by atoms with E-state index in [1.165, 1.54) is 30.0 Å². The predicted octanol–water partition coefficient (Wildman–Crippen LogP) is 4.70. The number of hydrazone groups is 1. The zero-order chi connectivity index (χ0) is 22.9. The molecule has 0 radical (unpaired) electrons. The molecular formula is C25H23FN2O4. The molecule has 0 aliphatic rings. The lowest BCUT2D eigenvalue weighted by atomic mass is 10.0. The summed E-state index contributed by atoms with van der Waals surface area (Å²) >= 11 is 0. The number of hydrogen-bond donors (Lipinski definition) is 1. The monoisotopic (exact) mass is 434 g/mol. The fourth-order valence-electron chi connectivity index (χ4n) is 2.72. The summed E-state index contributed by atoms with van der Waals surface area (Å²) in [5, 5.41) is 3.88. The highest BCUT2D eigenvalue weighted by Crippen LogP contribution is 2.18. The number of nitrogens with zero attached hydrogens (tertiary/aromatic N) is 1. The highest BCUT2D eigenvalue weighted by molar-refractivity contribution is 5.91. The molecule has 6 nitrogen and oxygen atoms in total. The van der Waals surface area contributed by atoms with Crippen molar-refractivity contribution in [1.29, 1.82) is 0 Å². The predicted molar refractivity (Wildman–Crippen MR) is 120 cm³/mol. The summed E-state index contributed by atoms with van der Waals surface area (Å²) in [5.74, 6) is -0.533. The van der Waals surface area contributed by atoms with Crippen LogP contribution in [0.4, 0.5) is 4.39 Å². The van der Waals surface area contributed by atoms with E-state index in [2.05, 4.69) is 24.4 Å². The van der Waals surface area contributed by atoms with E-state index in [4.69, 9.17) is 9.47 Å². The lowest BCUT2D eigenvalue weighted by Gasteiger charge is -2.08. The number of amides is 1. The SMILES string of the molecule is CC(C)c1ccc(OCC(=O)NN=Cc2ccc(OC(=O)c3ccccc3F)cc2)cc1. The van der Waals surface area contributed by atoms with Crippen molar-refractivity contribution in [3.05, 3.63) is 95.3 Å². The molecule has 32 heavy (non-hydrogen) atoms. The van der Waals surface area contributed by atoms with Gasteiger partial charge in [0.05, 0.1) is 11.8 Å². The highest BCUT2D eigenvalue weighted by atomic mass is 19.1. The molecule has 0 fully saturated rings. The van der Waals surface area contributed by atoms with Gasteiger partial charge in [-0.2, -0.15) is 5.10 Å². The van der Waals surface area contributed by atoms with Crippen molar-refractivity contribution in [3.63, 3.8) is 0 Å². The van der Waals surface area contributed by atoms with Gasteiger partial charge in [-0.15, -0.1) is 0 Å². The van der Waals surface area contributed by atoms with E-state index in [1.807, 2.05) is 24.3 Å². The zero-order valence-corrected chi connectivity index (χ0v) is 17.7. The van der Waals surface area contributed by atoms with E-state index in [0.29, 0.717) is 17.2 Å². The van der Waals surface area contributed by atoms with Gasteiger partial charge in [-0.05, 0) is 65.6 Å². The van der Waals surface area contributed by atoms with Crippen LogP contribution in [0.25, 0.3) is 0 Å². The first-order valence-electron chi connectivity index (χ1n) is 10.0. The van der Waals surface area contributed by atoms with Crippen LogP contribution < -0.4 is 14.9 Å². The van der Waals surface area contributed by atoms with Gasteiger partial charge < -0.3 is 9.47 Å². The quantitative estimate of drug-likeness (QED) is 0.241. The Morgan fingerprint density at radius 1 is 0.969 bits per heavy atom. The Hall–Kier alpha value is -4.00. The molecule has 1 N–H and O–H groups in total. The molecule has 3 aromatic rings. The Labute approximate surface area is 185 Å². The minimum absolute atomic E-state index is 0.140. The molecule has 0 heterocycles. The van der Waals surface area contributed by atoms with Gasteiger partial charge in [0.15, 0.2) is 6.61 Å². The molecule has 0 unspecified atom stereocenters. The van der Waals surface area contributed by atoms with Gasteiger partial charge in [-0.1, -0.05) is 38.1 Å². The maximum Gasteiger partial charge on any atom is 0.346 e. The van der Waals surface area contributed by atoms with Gasteiger partial charge >= 0.3 is 5.97 Å². The van der Waals surface area contributed by atoms with Crippen molar-refractivity contribution in [2.24, 2.45) is 5.10 Å². The fraction of sp³-hybridized carbons (Fsp3) is 0.160. The molecule has 0 bridgehead atoms. The normalized spacial score (nSPS) is 10.9. The lowest BCUT2D eigenvalue weighted by molar-refractivity contribution is -0.123. The van der Waals surface area contributed by atoms with Gasteiger partial charge in [0, 0.05) is 0 Å². The summed E-state index contributed by atoms with van der Waals surface area (Å²) < 4.78 is 24.3. The van der Waals surface area contributed by atoms with E-state index in [-0.39, 0.29) is 17.9 Å². The van der Waals surface area contributed by atoms with Crippen LogP contribution in [-0.2, 0) is 4.79 Å². The number of hydrogen-bond acceptors (Lipinski definition) is 5. The van der Waals surface area contributed by atoms with Crippen LogP contribution in [0.2, 0.25) is 0 Å². The molecule has 164 valence electrons. The van der Waals surface area contributed by atoms with Crippen molar-refractivity contribution in [2.45, 2.75) is 19.8 Å². The van der Waals surface area contributed by atoms with Crippen LogP contribution in [0.5, 0.6) is 11.5 Å². The Morgan fingerprint density at radius 2 is 1.62 bits per heavy atom. The summed E-state index contributed by atoms with van der Waals surface area (Å²) in [5.41, 5.74) is 4.11. The molecule has 1 amide bonds. The minimum atomic E-state index is -0.782. The Kier molecular flexibility index (Phi) is 7.70. The van der Waals surface area contributed by atoms with E-state index in [1.54, 1.807) is 30.3 Å². The van der Waals surface area contributed by atoms with Gasteiger partial charge in [0.1, 0.15) is 17.3 Å². The van der Waals surface area contributed by atoms with E-state index in [0.717, 1.165) is 0 Å². The third-order valence-corrected chi connectivity index (χ3v) is 4.50. The highest BCUT2D eigenvalue weighted by Gasteiger charge is 2.13. The van der Waals surface area contributed by atoms with Crippen LogP contribution >= 0.6 is 0 Å². The second kappa shape index (κ2) is 10.9. The largest absolute Gasteiger partial charge is 0.484 e. The first kappa shape index (κ1) is 22.7. The van der Waals surface area contributed by atoms with Crippen LogP contribution in [0.15, 0.2) is 77.9 Å². The Bertz CT molecular complexity index is 1090. The molecular weight excluding hydrogens is 411 g/mol. The molecule has 0 aliphatic heterocycles. The number of nitrogens with one attached hydrogen (secondary N) is 1. The Morgan fingerprint density at radius 3 is 2.28 bits per heavy atom. The summed E-state index contributed by atoms with van der Waals surface area (Å²) in [6.07, 6.45) is 1.44. The Balaban J connectivity index is 1.45. The van der Waals surface area contributed by atoms with E-state index >= 15 is 0 Å². The number of ether oxygens (including phenoxy) is 2. The molecule has 0 spiro atoms. The standard InChI is InChI=1S/C25H23FN2O4/c1-17(2)19-9-13-20(14-10-19)31-16-24(29)28-27-15-18-7-11-21(12-8-18)32-25(30)22-5-3-4-6-23(22)26/h3-15,17H,16H2,1-2H3,(H,28,29). The first-order chi connectivity index (χ1) is 15.4. The summed E-state index contributed by atoms with van der Waals surface area (Å²) in [6, 6.07) is 19.6. The maximum absolute atomic E-state index is 13.6. The average molecular weight is 434 g/mol. The number of carbonyl (C=O) groups is 2. The third kappa shape index (κ3) is 6.50. The van der Waals surface area contributed by atoms with Crippen LogP contribution in [0.1, 0.15) is 41.3 Å². The van der Waals surface area contributed by atoms with Gasteiger partial charge in [-0.25, -0.2) is 14.6 Å². The summed E-state index contributed by atoms with van der Waals surface area (Å²) in [7, 11) is 0. The van der Waals surface area contributed by atoms with Gasteiger partial charge in [-0.3, -0.25) is 4.79 Å². The second-order valence-electron chi connectivity index (χ2n) is 7.24. The van der Waals surface area contributed by atoms with Crippen molar-refractivity contribution in [1.82, 2.24) is 5.43 Å². The number of rotatable bonds is 8. The molecule has 3 rings (SSSR count). The number of esters is 1. The number of halogens is 1. The van der Waals surface area contributed by atoms with E-state index in [9.17, 15) is 14.0 Å². The van der Waals surface area contributed by atoms with E-state index < -0.39 is 17.7 Å². The molecule has 0 aromatic heterocycles. The van der Waals surface area contributed by atoms with Gasteiger partial charge in [0.2, 0.25) is 0 Å². The summed E-state index contributed by atoms with van der Waals surface area (Å²) in [6.45, 7) is 4.05. The van der Waals surface area contributed by atoms with Crippen molar-refractivity contribution >= 4 is 18.1 Å². The molecule has 0 aliphatic carbocycles. The molecule has 0 saturated heterocycles. The number of carbonyl (C=O) groups excluding carboxylic acids is 2. The van der Waals surface area contributed by atoms with Crippen LogP contribution in [-0.4, -0.2) is 24.7 Å². The van der Waals surface area contributed by atoms with Crippen LogP contribution in [0.3, 0.4) is 0 Å². The smallest absolute Gasteiger partial charge is 0.346 e. The average Bonchev–Trinajstić information content (AvgIpc) is 2.79. The zero-order valence-electron chi connectivity index (χ0n) is 17.7. The van der Waals surface area contributed by atoms with Crippen molar-refractivity contribution < 1.29 is 23.5 Å². The van der Waals surface area contributed by atoms with Crippen molar-refractivity contribution in [3.8, 4) is 11.5 Å². The maximum atomic E-state index is 13.6.